The van der Waals surface area contributed by atoms with E-state index in [0.717, 1.165) is 24.9 Å². The van der Waals surface area contributed by atoms with Gasteiger partial charge < -0.3 is 15.0 Å². The molecule has 21 heavy (non-hydrogen) atoms. The van der Waals surface area contributed by atoms with Crippen molar-refractivity contribution >= 4 is 5.97 Å². The molecule has 0 aromatic heterocycles. The Morgan fingerprint density at radius 3 is 2.67 bits per heavy atom. The van der Waals surface area contributed by atoms with Crippen molar-refractivity contribution in [2.45, 2.75) is 64.0 Å². The van der Waals surface area contributed by atoms with Crippen LogP contribution in [0.3, 0.4) is 0 Å². The maximum atomic E-state index is 12.2. The molecule has 0 bridgehead atoms. The van der Waals surface area contributed by atoms with E-state index in [2.05, 4.69) is 10.2 Å². The summed E-state index contributed by atoms with van der Waals surface area (Å²) >= 11 is 0. The molecule has 3 aliphatic rings. The first-order valence-corrected chi connectivity index (χ1v) is 8.91. The van der Waals surface area contributed by atoms with Gasteiger partial charge in [0.15, 0.2) is 0 Å². The molecule has 1 N–H and O–H groups in total. The highest BCUT2D eigenvalue weighted by atomic mass is 16.5. The number of nitrogens with one attached hydrogen (secondary N) is 1. The summed E-state index contributed by atoms with van der Waals surface area (Å²) in [5, 5.41) is 3.48. The maximum Gasteiger partial charge on any atom is 0.324 e. The van der Waals surface area contributed by atoms with Crippen molar-refractivity contribution in [3.8, 4) is 0 Å². The Balaban J connectivity index is 1.53. The van der Waals surface area contributed by atoms with Crippen molar-refractivity contribution in [3.05, 3.63) is 0 Å². The Morgan fingerprint density at radius 2 is 1.95 bits per heavy atom. The predicted octanol–water partition coefficient (Wildman–Crippen LogP) is 2.18. The van der Waals surface area contributed by atoms with Gasteiger partial charge >= 0.3 is 5.97 Å². The molecule has 4 nitrogen and oxygen atoms in total. The molecule has 3 rings (SSSR count). The van der Waals surface area contributed by atoms with Crippen LogP contribution >= 0.6 is 0 Å². The summed E-state index contributed by atoms with van der Waals surface area (Å²) in [7, 11) is 0. The standard InChI is InChI=1S/C17H30N2O2/c1-2-21-17(20)16(18-15-7-8-15)12-19-10-9-13-5-3-4-6-14(13)11-19/h13-16,18H,2-12H2,1H3. The minimum absolute atomic E-state index is 0.0600. The number of likely N-dealkylation sites (tertiary alicyclic amines) is 1. The topological polar surface area (TPSA) is 41.6 Å². The maximum absolute atomic E-state index is 12.2. The first kappa shape index (κ1) is 15.3. The summed E-state index contributed by atoms with van der Waals surface area (Å²) in [4.78, 5) is 14.7. The lowest BCUT2D eigenvalue weighted by molar-refractivity contribution is -0.146. The highest BCUT2D eigenvalue weighted by Crippen LogP contribution is 2.36. The van der Waals surface area contributed by atoms with Gasteiger partial charge in [-0.2, -0.15) is 0 Å². The second-order valence-corrected chi connectivity index (χ2v) is 7.10. The Kier molecular flexibility index (Phi) is 5.17. The van der Waals surface area contributed by atoms with Gasteiger partial charge in [-0.25, -0.2) is 0 Å². The summed E-state index contributed by atoms with van der Waals surface area (Å²) in [6.45, 7) is 5.54. The second kappa shape index (κ2) is 7.10. The SMILES string of the molecule is CCOC(=O)C(CN1CCC2CCCCC2C1)NC1CC1. The first-order chi connectivity index (χ1) is 10.3. The highest BCUT2D eigenvalue weighted by molar-refractivity contribution is 5.76. The van der Waals surface area contributed by atoms with Gasteiger partial charge in [-0.05, 0) is 51.0 Å². The zero-order valence-corrected chi connectivity index (χ0v) is 13.4. The van der Waals surface area contributed by atoms with Crippen LogP contribution in [0.2, 0.25) is 0 Å². The lowest BCUT2D eigenvalue weighted by Gasteiger charge is -2.42. The van der Waals surface area contributed by atoms with Crippen molar-refractivity contribution in [2.75, 3.05) is 26.2 Å². The van der Waals surface area contributed by atoms with Crippen molar-refractivity contribution < 1.29 is 9.53 Å². The molecule has 1 aliphatic heterocycles. The van der Waals surface area contributed by atoms with Crippen LogP contribution in [0.15, 0.2) is 0 Å². The van der Waals surface area contributed by atoms with Crippen LogP contribution < -0.4 is 5.32 Å². The molecular formula is C17H30N2O2. The lowest BCUT2D eigenvalue weighted by atomic mass is 9.75. The van der Waals surface area contributed by atoms with E-state index in [0.29, 0.717) is 12.6 Å². The molecular weight excluding hydrogens is 264 g/mol. The average Bonchev–Trinajstić information content (AvgIpc) is 3.31. The molecule has 1 heterocycles. The quantitative estimate of drug-likeness (QED) is 0.763. The molecule has 0 aromatic carbocycles. The lowest BCUT2D eigenvalue weighted by Crippen LogP contribution is -2.51. The predicted molar refractivity (Wildman–Crippen MR) is 83.1 cm³/mol. The van der Waals surface area contributed by atoms with Gasteiger partial charge in [0.1, 0.15) is 6.04 Å². The number of piperidine rings is 1. The van der Waals surface area contributed by atoms with E-state index in [4.69, 9.17) is 4.74 Å². The van der Waals surface area contributed by atoms with Gasteiger partial charge in [0.2, 0.25) is 0 Å². The molecule has 3 atom stereocenters. The Morgan fingerprint density at radius 1 is 1.19 bits per heavy atom. The van der Waals surface area contributed by atoms with Crippen LogP contribution in [0.5, 0.6) is 0 Å². The Labute approximate surface area is 128 Å². The summed E-state index contributed by atoms with van der Waals surface area (Å²) in [6.07, 6.45) is 9.39. The van der Waals surface area contributed by atoms with E-state index in [1.54, 1.807) is 0 Å². The van der Waals surface area contributed by atoms with Crippen molar-refractivity contribution in [3.63, 3.8) is 0 Å². The summed E-state index contributed by atoms with van der Waals surface area (Å²) < 4.78 is 5.25. The number of carbonyl (C=O) groups is 1. The smallest absolute Gasteiger partial charge is 0.324 e. The highest BCUT2D eigenvalue weighted by Gasteiger charge is 2.35. The van der Waals surface area contributed by atoms with Gasteiger partial charge in [-0.3, -0.25) is 4.79 Å². The number of ether oxygens (including phenoxy) is 1. The third-order valence-corrected chi connectivity index (χ3v) is 5.40. The van der Waals surface area contributed by atoms with Crippen molar-refractivity contribution in [2.24, 2.45) is 11.8 Å². The van der Waals surface area contributed by atoms with Crippen LogP contribution in [0.4, 0.5) is 0 Å². The normalized spacial score (nSPS) is 31.5. The number of hydrogen-bond acceptors (Lipinski definition) is 4. The second-order valence-electron chi connectivity index (χ2n) is 7.10. The van der Waals surface area contributed by atoms with E-state index >= 15 is 0 Å². The number of carbonyl (C=O) groups excluding carboxylic acids is 1. The van der Waals surface area contributed by atoms with Crippen LogP contribution in [0.25, 0.3) is 0 Å². The van der Waals surface area contributed by atoms with Gasteiger partial charge in [0, 0.05) is 19.1 Å². The number of esters is 1. The summed E-state index contributed by atoms with van der Waals surface area (Å²) in [5.74, 6) is 1.76. The van der Waals surface area contributed by atoms with Gasteiger partial charge in [0.25, 0.3) is 0 Å². The van der Waals surface area contributed by atoms with Crippen LogP contribution in [-0.4, -0.2) is 49.2 Å². The minimum atomic E-state index is -0.127. The number of fused-ring (bicyclic) bond motifs is 1. The molecule has 0 spiro atoms. The zero-order chi connectivity index (χ0) is 14.7. The number of rotatable bonds is 6. The fourth-order valence-corrected chi connectivity index (χ4v) is 4.07. The zero-order valence-electron chi connectivity index (χ0n) is 13.4. The van der Waals surface area contributed by atoms with Crippen molar-refractivity contribution in [1.29, 1.82) is 0 Å². The van der Waals surface area contributed by atoms with E-state index in [1.165, 1.54) is 51.5 Å². The number of nitrogens with zero attached hydrogens (tertiary/aromatic N) is 1. The summed E-state index contributed by atoms with van der Waals surface area (Å²) in [5.41, 5.74) is 0. The van der Waals surface area contributed by atoms with E-state index < -0.39 is 0 Å². The Bertz CT molecular complexity index is 357. The van der Waals surface area contributed by atoms with Crippen LogP contribution in [-0.2, 0) is 9.53 Å². The van der Waals surface area contributed by atoms with Gasteiger partial charge in [0.05, 0.1) is 6.61 Å². The number of hydrogen-bond donors (Lipinski definition) is 1. The minimum Gasteiger partial charge on any atom is -0.465 e. The largest absolute Gasteiger partial charge is 0.465 e. The van der Waals surface area contributed by atoms with Crippen molar-refractivity contribution in [1.82, 2.24) is 10.2 Å². The third kappa shape index (κ3) is 4.19. The molecule has 2 saturated carbocycles. The molecule has 3 unspecified atom stereocenters. The van der Waals surface area contributed by atoms with Crippen LogP contribution in [0.1, 0.15) is 51.9 Å². The van der Waals surface area contributed by atoms with E-state index in [9.17, 15) is 4.79 Å². The first-order valence-electron chi connectivity index (χ1n) is 8.91. The molecule has 0 aromatic rings. The molecule has 0 radical (unpaired) electrons. The monoisotopic (exact) mass is 294 g/mol. The van der Waals surface area contributed by atoms with E-state index in [1.807, 2.05) is 6.92 Å². The molecule has 0 amide bonds. The molecule has 3 fully saturated rings. The summed E-state index contributed by atoms with van der Waals surface area (Å²) in [6, 6.07) is 0.421. The fourth-order valence-electron chi connectivity index (χ4n) is 4.07. The van der Waals surface area contributed by atoms with Gasteiger partial charge in [-0.1, -0.05) is 19.3 Å². The molecule has 120 valence electrons. The van der Waals surface area contributed by atoms with Crippen LogP contribution in [0, 0.1) is 11.8 Å². The van der Waals surface area contributed by atoms with E-state index in [-0.39, 0.29) is 12.0 Å². The third-order valence-electron chi connectivity index (χ3n) is 5.40. The molecule has 2 aliphatic carbocycles. The Hall–Kier alpha value is -0.610. The molecule has 1 saturated heterocycles. The molecule has 4 heteroatoms. The average molecular weight is 294 g/mol. The fraction of sp³-hybridized carbons (Fsp3) is 0.941. The van der Waals surface area contributed by atoms with Gasteiger partial charge in [-0.15, -0.1) is 0 Å².